The predicted molar refractivity (Wildman–Crippen MR) is 51.3 cm³/mol. The second kappa shape index (κ2) is 2.43. The van der Waals surface area contributed by atoms with Gasteiger partial charge in [-0.2, -0.15) is 0 Å². The lowest BCUT2D eigenvalue weighted by Gasteiger charge is -2.29. The first-order chi connectivity index (χ1) is 5.75. The average Bonchev–Trinajstić information content (AvgIpc) is 2.45. The Morgan fingerprint density at radius 3 is 1.69 bits per heavy atom. The van der Waals surface area contributed by atoms with Crippen molar-refractivity contribution in [2.75, 3.05) is 0 Å². The van der Waals surface area contributed by atoms with Crippen LogP contribution in [-0.4, -0.2) is 12.6 Å². The molecule has 0 spiro atoms. The van der Waals surface area contributed by atoms with Crippen molar-refractivity contribution in [2.45, 2.75) is 34.6 Å². The van der Waals surface area contributed by atoms with Crippen molar-refractivity contribution in [3.8, 4) is 0 Å². The van der Waals surface area contributed by atoms with Gasteiger partial charge in [0.05, 0.1) is 0 Å². The summed E-state index contributed by atoms with van der Waals surface area (Å²) >= 11 is 0. The smallest absolute Gasteiger partial charge is 0.127 e. The van der Waals surface area contributed by atoms with Gasteiger partial charge in [0.25, 0.3) is 0 Å². The van der Waals surface area contributed by atoms with Crippen molar-refractivity contribution < 1.29 is 9.59 Å². The summed E-state index contributed by atoms with van der Waals surface area (Å²) in [5.74, 6) is -0.113. The lowest BCUT2D eigenvalue weighted by Crippen LogP contribution is -2.29. The fraction of sp³-hybridized carbons (Fsp3) is 0.818. The summed E-state index contributed by atoms with van der Waals surface area (Å²) in [7, 11) is 0. The van der Waals surface area contributed by atoms with Crippen LogP contribution in [0, 0.1) is 22.2 Å². The summed E-state index contributed by atoms with van der Waals surface area (Å²) < 4.78 is 0. The molecule has 0 aromatic carbocycles. The van der Waals surface area contributed by atoms with Crippen LogP contribution in [0.5, 0.6) is 0 Å². The van der Waals surface area contributed by atoms with Crippen molar-refractivity contribution in [2.24, 2.45) is 22.2 Å². The molecule has 1 aliphatic carbocycles. The normalized spacial score (nSPS) is 36.8. The number of hydrogen-bond acceptors (Lipinski definition) is 2. The van der Waals surface area contributed by atoms with Gasteiger partial charge in [0, 0.05) is 11.3 Å². The summed E-state index contributed by atoms with van der Waals surface area (Å²) in [5, 5.41) is 0. The zero-order valence-electron chi connectivity index (χ0n) is 9.05. The summed E-state index contributed by atoms with van der Waals surface area (Å²) in [6, 6.07) is 0. The third-order valence-corrected chi connectivity index (χ3v) is 3.81. The molecule has 0 radical (unpaired) electrons. The standard InChI is InChI=1S/C11H18O2/c1-9(2,3)11(7-13)8(6-12)10(11,4)5/h6-8H,1-5H3. The van der Waals surface area contributed by atoms with E-state index in [1.54, 1.807) is 0 Å². The SMILES string of the molecule is CC(C)(C)C1(C=O)C(C=O)C1(C)C. The van der Waals surface area contributed by atoms with E-state index in [9.17, 15) is 9.59 Å². The first-order valence-electron chi connectivity index (χ1n) is 4.67. The van der Waals surface area contributed by atoms with Crippen LogP contribution in [0.3, 0.4) is 0 Å². The van der Waals surface area contributed by atoms with Crippen LogP contribution in [0.2, 0.25) is 0 Å². The van der Waals surface area contributed by atoms with E-state index in [-0.39, 0.29) is 16.7 Å². The number of aldehydes is 2. The van der Waals surface area contributed by atoms with Crippen LogP contribution >= 0.6 is 0 Å². The minimum Gasteiger partial charge on any atom is -0.303 e. The zero-order valence-corrected chi connectivity index (χ0v) is 9.05. The fourth-order valence-corrected chi connectivity index (χ4v) is 2.95. The molecule has 1 fully saturated rings. The van der Waals surface area contributed by atoms with Gasteiger partial charge in [-0.3, -0.25) is 0 Å². The Hall–Kier alpha value is -0.660. The molecule has 2 atom stereocenters. The van der Waals surface area contributed by atoms with Gasteiger partial charge in [-0.25, -0.2) is 0 Å². The summed E-state index contributed by atoms with van der Waals surface area (Å²) in [4.78, 5) is 22.0. The van der Waals surface area contributed by atoms with Gasteiger partial charge in [-0.15, -0.1) is 0 Å². The number of carbonyl (C=O) groups is 2. The van der Waals surface area contributed by atoms with Crippen molar-refractivity contribution in [3.05, 3.63) is 0 Å². The minimum absolute atomic E-state index is 0.113. The van der Waals surface area contributed by atoms with E-state index in [2.05, 4.69) is 0 Å². The lowest BCUT2D eigenvalue weighted by molar-refractivity contribution is -0.120. The van der Waals surface area contributed by atoms with Crippen LogP contribution in [0.1, 0.15) is 34.6 Å². The topological polar surface area (TPSA) is 34.1 Å². The number of carbonyl (C=O) groups excluding carboxylic acids is 2. The zero-order chi connectivity index (χ0) is 10.5. The Labute approximate surface area is 79.7 Å². The number of hydrogen-bond donors (Lipinski definition) is 0. The number of rotatable bonds is 2. The van der Waals surface area contributed by atoms with Gasteiger partial charge in [0.2, 0.25) is 0 Å². The maximum atomic E-state index is 11.2. The van der Waals surface area contributed by atoms with Gasteiger partial charge in [0.15, 0.2) is 0 Å². The van der Waals surface area contributed by atoms with Gasteiger partial charge < -0.3 is 9.59 Å². The summed E-state index contributed by atoms with van der Waals surface area (Å²) in [5.41, 5.74) is -0.764. The quantitative estimate of drug-likeness (QED) is 0.613. The van der Waals surface area contributed by atoms with E-state index >= 15 is 0 Å². The highest BCUT2D eigenvalue weighted by atomic mass is 16.1. The van der Waals surface area contributed by atoms with E-state index in [1.165, 1.54) is 0 Å². The molecule has 13 heavy (non-hydrogen) atoms. The van der Waals surface area contributed by atoms with Crippen molar-refractivity contribution in [1.29, 1.82) is 0 Å². The van der Waals surface area contributed by atoms with E-state index in [4.69, 9.17) is 0 Å². The molecule has 1 rings (SSSR count). The van der Waals surface area contributed by atoms with Crippen LogP contribution in [0.15, 0.2) is 0 Å². The molecule has 0 saturated heterocycles. The van der Waals surface area contributed by atoms with Crippen molar-refractivity contribution >= 4 is 12.6 Å². The highest BCUT2D eigenvalue weighted by Crippen LogP contribution is 2.73. The second-order valence-electron chi connectivity index (χ2n) is 5.57. The van der Waals surface area contributed by atoms with Gasteiger partial charge in [-0.05, 0) is 10.8 Å². The van der Waals surface area contributed by atoms with Crippen LogP contribution in [0.4, 0.5) is 0 Å². The molecule has 74 valence electrons. The molecule has 0 amide bonds. The molecule has 2 heteroatoms. The molecule has 0 bridgehead atoms. The van der Waals surface area contributed by atoms with E-state index in [0.29, 0.717) is 0 Å². The third kappa shape index (κ3) is 0.946. The maximum absolute atomic E-state index is 11.2. The first-order valence-corrected chi connectivity index (χ1v) is 4.67. The Balaban J connectivity index is 3.14. The maximum Gasteiger partial charge on any atom is 0.127 e. The monoisotopic (exact) mass is 182 g/mol. The largest absolute Gasteiger partial charge is 0.303 e. The molecule has 1 saturated carbocycles. The summed E-state index contributed by atoms with van der Waals surface area (Å²) in [6.45, 7) is 10.0. The van der Waals surface area contributed by atoms with Crippen molar-refractivity contribution in [3.63, 3.8) is 0 Å². The Morgan fingerprint density at radius 1 is 1.15 bits per heavy atom. The Kier molecular flexibility index (Phi) is 1.95. The first kappa shape index (κ1) is 10.4. The molecule has 0 heterocycles. The molecular weight excluding hydrogens is 164 g/mol. The van der Waals surface area contributed by atoms with Gasteiger partial charge >= 0.3 is 0 Å². The molecule has 2 unspecified atom stereocenters. The van der Waals surface area contributed by atoms with E-state index in [1.807, 2.05) is 34.6 Å². The molecular formula is C11H18O2. The van der Waals surface area contributed by atoms with Gasteiger partial charge in [-0.1, -0.05) is 34.6 Å². The van der Waals surface area contributed by atoms with Crippen LogP contribution in [0.25, 0.3) is 0 Å². The summed E-state index contributed by atoms with van der Waals surface area (Å²) in [6.07, 6.45) is 1.91. The third-order valence-electron chi connectivity index (χ3n) is 3.81. The molecule has 1 aliphatic rings. The molecule has 0 aromatic rings. The molecule has 0 aliphatic heterocycles. The second-order valence-corrected chi connectivity index (χ2v) is 5.57. The Bertz CT molecular complexity index is 247. The van der Waals surface area contributed by atoms with Crippen LogP contribution < -0.4 is 0 Å². The lowest BCUT2D eigenvalue weighted by atomic mass is 9.73. The molecule has 2 nitrogen and oxygen atoms in total. The average molecular weight is 182 g/mol. The fourth-order valence-electron chi connectivity index (χ4n) is 2.95. The van der Waals surface area contributed by atoms with E-state index in [0.717, 1.165) is 12.6 Å². The highest BCUT2D eigenvalue weighted by molar-refractivity contribution is 5.80. The Morgan fingerprint density at radius 2 is 1.62 bits per heavy atom. The predicted octanol–water partition coefficient (Wildman–Crippen LogP) is 2.07. The van der Waals surface area contributed by atoms with Gasteiger partial charge in [0.1, 0.15) is 12.6 Å². The van der Waals surface area contributed by atoms with Crippen molar-refractivity contribution in [1.82, 2.24) is 0 Å². The van der Waals surface area contributed by atoms with E-state index < -0.39 is 5.41 Å². The molecule has 0 aromatic heterocycles. The minimum atomic E-state index is -0.457. The van der Waals surface area contributed by atoms with Crippen LogP contribution in [-0.2, 0) is 9.59 Å². The molecule has 0 N–H and O–H groups in total. The highest BCUT2D eigenvalue weighted by Gasteiger charge is 2.75.